The van der Waals surface area contributed by atoms with Gasteiger partial charge in [0.1, 0.15) is 50.0 Å². The number of anilines is 1. The number of fused-ring (bicyclic) bond motifs is 6. The normalized spacial score (nSPS) is 21.4. The Morgan fingerprint density at radius 2 is 1.39 bits per heavy atom. The molecule has 186 valence electrons. The van der Waals surface area contributed by atoms with Crippen molar-refractivity contribution in [2.75, 3.05) is 37.9 Å². The molecule has 0 bridgehead atoms. The molecule has 0 radical (unpaired) electrons. The van der Waals surface area contributed by atoms with Gasteiger partial charge in [-0.2, -0.15) is 13.2 Å². The third kappa shape index (κ3) is 2.91. The number of furan rings is 1. The Labute approximate surface area is 202 Å². The van der Waals surface area contributed by atoms with E-state index in [0.29, 0.717) is 72.0 Å². The molecule has 2 aromatic carbocycles. The zero-order valence-corrected chi connectivity index (χ0v) is 18.6. The van der Waals surface area contributed by atoms with Gasteiger partial charge in [-0.05, 0) is 24.3 Å². The highest BCUT2D eigenvalue weighted by atomic mass is 19.4. The lowest BCUT2D eigenvalue weighted by Crippen LogP contribution is -2.42. The van der Waals surface area contributed by atoms with Crippen molar-refractivity contribution in [1.29, 1.82) is 0 Å². The first-order valence-corrected chi connectivity index (χ1v) is 11.3. The van der Waals surface area contributed by atoms with Crippen LogP contribution in [0.5, 0.6) is 28.7 Å². The number of alkyl halides is 3. The molecule has 0 fully saturated rings. The molecular weight excluding hydrogens is 483 g/mol. The number of nitrogens with zero attached hydrogens (tertiary/aromatic N) is 1. The van der Waals surface area contributed by atoms with Gasteiger partial charge in [0, 0.05) is 23.3 Å². The first-order valence-electron chi connectivity index (χ1n) is 11.3. The second-order valence-electron chi connectivity index (χ2n) is 8.85. The summed E-state index contributed by atoms with van der Waals surface area (Å²) < 4.78 is 73.3. The molecule has 4 aliphatic rings. The summed E-state index contributed by atoms with van der Waals surface area (Å²) in [5.41, 5.74) is 0.429. The number of hydrogen-bond acceptors (Lipinski definition) is 7. The van der Waals surface area contributed by atoms with E-state index in [1.54, 1.807) is 24.3 Å². The lowest BCUT2D eigenvalue weighted by molar-refractivity contribution is -0.153. The van der Waals surface area contributed by atoms with Crippen molar-refractivity contribution in [2.24, 2.45) is 0 Å². The molecule has 7 rings (SSSR count). The van der Waals surface area contributed by atoms with Crippen molar-refractivity contribution in [3.63, 3.8) is 0 Å². The van der Waals surface area contributed by atoms with Crippen LogP contribution in [0.25, 0.3) is 0 Å². The molecule has 0 saturated heterocycles. The first-order chi connectivity index (χ1) is 17.3. The first kappa shape index (κ1) is 21.3. The van der Waals surface area contributed by atoms with Crippen LogP contribution in [0.15, 0.2) is 40.8 Å². The summed E-state index contributed by atoms with van der Waals surface area (Å²) >= 11 is 0. The summed E-state index contributed by atoms with van der Waals surface area (Å²) in [6.45, 7) is 1.26. The molecule has 1 unspecified atom stereocenters. The highest BCUT2D eigenvalue weighted by Gasteiger charge is 2.58. The van der Waals surface area contributed by atoms with Crippen molar-refractivity contribution >= 4 is 11.6 Å². The minimum Gasteiger partial charge on any atom is -0.491 e. The van der Waals surface area contributed by atoms with Crippen LogP contribution in [0.4, 0.5) is 18.9 Å². The van der Waals surface area contributed by atoms with Crippen molar-refractivity contribution in [2.45, 2.75) is 18.1 Å². The average Bonchev–Trinajstić information content (AvgIpc) is 3.55. The molecule has 3 aromatic rings. The van der Waals surface area contributed by atoms with Crippen molar-refractivity contribution < 1.29 is 46.1 Å². The van der Waals surface area contributed by atoms with Gasteiger partial charge in [0.05, 0.1) is 12.2 Å². The van der Waals surface area contributed by atoms with Crippen LogP contribution in [0.3, 0.4) is 0 Å². The zero-order valence-electron chi connectivity index (χ0n) is 18.6. The van der Waals surface area contributed by atoms with Crippen LogP contribution < -0.4 is 28.6 Å². The van der Waals surface area contributed by atoms with Crippen LogP contribution in [0.2, 0.25) is 0 Å². The molecule has 0 aliphatic carbocycles. The molecule has 1 atom stereocenters. The van der Waals surface area contributed by atoms with Gasteiger partial charge < -0.3 is 33.0 Å². The topological polar surface area (TPSA) is 79.6 Å². The molecule has 1 aromatic heterocycles. The third-order valence-corrected chi connectivity index (χ3v) is 6.82. The van der Waals surface area contributed by atoms with Gasteiger partial charge in [0.2, 0.25) is 11.7 Å². The molecule has 0 saturated carbocycles. The monoisotopic (exact) mass is 501 g/mol. The molecule has 5 heterocycles. The summed E-state index contributed by atoms with van der Waals surface area (Å²) in [6.07, 6.45) is -4.63. The van der Waals surface area contributed by atoms with Crippen LogP contribution in [0.1, 0.15) is 22.6 Å². The minimum absolute atomic E-state index is 0.000834. The maximum absolute atomic E-state index is 14.2. The number of carbonyl (C=O) groups is 1. The van der Waals surface area contributed by atoms with Crippen LogP contribution in [-0.2, 0) is 22.9 Å². The molecule has 0 N–H and O–H groups in total. The third-order valence-electron chi connectivity index (χ3n) is 6.82. The molecule has 8 nitrogen and oxygen atoms in total. The molecule has 1 spiro atoms. The van der Waals surface area contributed by atoms with Gasteiger partial charge in [0.25, 0.3) is 0 Å². The second-order valence-corrected chi connectivity index (χ2v) is 8.85. The van der Waals surface area contributed by atoms with E-state index in [4.69, 9.17) is 28.1 Å². The van der Waals surface area contributed by atoms with E-state index in [9.17, 15) is 18.0 Å². The highest BCUT2D eigenvalue weighted by molar-refractivity contribution is 6.12. The van der Waals surface area contributed by atoms with Gasteiger partial charge in [-0.3, -0.25) is 4.79 Å². The van der Waals surface area contributed by atoms with Gasteiger partial charge >= 0.3 is 6.18 Å². The number of ether oxygens (including phenoxy) is 5. The van der Waals surface area contributed by atoms with E-state index in [1.807, 2.05) is 0 Å². The van der Waals surface area contributed by atoms with Gasteiger partial charge in [-0.15, -0.1) is 0 Å². The van der Waals surface area contributed by atoms with E-state index >= 15 is 0 Å². The van der Waals surface area contributed by atoms with Crippen molar-refractivity contribution in [3.8, 4) is 28.7 Å². The second kappa shape index (κ2) is 7.25. The number of hydrogen-bond donors (Lipinski definition) is 0. The number of benzene rings is 2. The summed E-state index contributed by atoms with van der Waals surface area (Å²) in [7, 11) is 0. The van der Waals surface area contributed by atoms with E-state index in [1.165, 1.54) is 11.0 Å². The average molecular weight is 501 g/mol. The molecule has 36 heavy (non-hydrogen) atoms. The van der Waals surface area contributed by atoms with Crippen LogP contribution in [-0.4, -0.2) is 38.9 Å². The summed E-state index contributed by atoms with van der Waals surface area (Å²) in [5.74, 6) is 0.944. The van der Waals surface area contributed by atoms with E-state index in [-0.39, 0.29) is 24.8 Å². The van der Waals surface area contributed by atoms with E-state index in [2.05, 4.69) is 0 Å². The Balaban J connectivity index is 1.38. The van der Waals surface area contributed by atoms with Crippen LogP contribution in [0, 0.1) is 0 Å². The highest BCUT2D eigenvalue weighted by Crippen LogP contribution is 2.57. The number of carbonyl (C=O) groups excluding carboxylic acids is 1. The molecule has 4 aliphatic heterocycles. The fourth-order valence-corrected chi connectivity index (χ4v) is 5.21. The van der Waals surface area contributed by atoms with E-state index in [0.717, 1.165) is 6.07 Å². The van der Waals surface area contributed by atoms with E-state index < -0.39 is 17.4 Å². The quantitative estimate of drug-likeness (QED) is 0.524. The van der Waals surface area contributed by atoms with Gasteiger partial charge in [0.15, 0.2) is 23.0 Å². The Hall–Kier alpha value is -4.02. The minimum atomic E-state index is -4.63. The SMILES string of the molecule is O=C1N(Cc2ccc(C(F)(F)F)o2)c2cc3c(cc2C12COc1cc4c(cc12)OCCO4)OCCO3. The van der Waals surface area contributed by atoms with Gasteiger partial charge in [-0.1, -0.05) is 0 Å². The molecule has 1 amide bonds. The fraction of sp³-hybridized carbons (Fsp3) is 0.320. The molecular formula is C25H18F3NO7. The largest absolute Gasteiger partial charge is 0.491 e. The molecule has 11 heteroatoms. The Morgan fingerprint density at radius 3 is 2.03 bits per heavy atom. The van der Waals surface area contributed by atoms with Gasteiger partial charge in [-0.25, -0.2) is 0 Å². The lowest BCUT2D eigenvalue weighted by Gasteiger charge is -2.25. The van der Waals surface area contributed by atoms with Crippen molar-refractivity contribution in [3.05, 3.63) is 59.0 Å². The Kier molecular flexibility index (Phi) is 4.28. The predicted molar refractivity (Wildman–Crippen MR) is 116 cm³/mol. The summed E-state index contributed by atoms with van der Waals surface area (Å²) in [5, 5.41) is 0. The predicted octanol–water partition coefficient (Wildman–Crippen LogP) is 4.07. The van der Waals surface area contributed by atoms with Crippen molar-refractivity contribution in [1.82, 2.24) is 0 Å². The van der Waals surface area contributed by atoms with Crippen LogP contribution >= 0.6 is 0 Å². The zero-order chi connectivity index (χ0) is 24.7. The fourth-order valence-electron chi connectivity index (χ4n) is 5.21. The number of halogens is 3. The number of amides is 1. The maximum atomic E-state index is 14.2. The smallest absolute Gasteiger partial charge is 0.449 e. The summed E-state index contributed by atoms with van der Waals surface area (Å²) in [4.78, 5) is 15.6. The lowest BCUT2D eigenvalue weighted by atomic mass is 9.77. The Morgan fingerprint density at radius 1 is 0.778 bits per heavy atom. The summed E-state index contributed by atoms with van der Waals surface area (Å²) in [6, 6.07) is 8.95. The number of rotatable bonds is 2. The maximum Gasteiger partial charge on any atom is 0.449 e. The Bertz CT molecular complexity index is 1420. The standard InChI is InChI=1S/C25H18F3NO7/c26-25(27,28)22-2-1-13(36-22)11-29-16-9-20-18(31-3-5-33-20)7-14(16)24(23(29)30)12-35-17-10-21-19(8-15(17)24)32-4-6-34-21/h1-2,7-10H,3-6,11-12H2.